The number of benzene rings is 1. The fourth-order valence-electron chi connectivity index (χ4n) is 4.29. The average Bonchev–Trinajstić information content (AvgIpc) is 2.68. The van der Waals surface area contributed by atoms with E-state index in [1.165, 1.54) is 39.0 Å². The summed E-state index contributed by atoms with van der Waals surface area (Å²) in [7, 11) is 0. The van der Waals surface area contributed by atoms with Gasteiger partial charge in [0.05, 0.1) is 19.8 Å². The van der Waals surface area contributed by atoms with Crippen molar-refractivity contribution in [1.29, 1.82) is 0 Å². The molecule has 1 aliphatic carbocycles. The number of thiocarbonyl (C=S) groups is 1. The van der Waals surface area contributed by atoms with Gasteiger partial charge in [0.1, 0.15) is 23.6 Å². The van der Waals surface area contributed by atoms with Gasteiger partial charge in [-0.2, -0.15) is 0 Å². The standard InChI is InChI=1S/C20H29N3O2S/c1-16(24)22-18-7-5-17(6-8-18)19(26)21-15-20(9-3-2-4-10-20)23-11-13-25-14-12-23/h5-8H,2-4,9-15H2,1H3,(H,21,26)(H,22,24)/p+1. The molecule has 1 amide bonds. The lowest BCUT2D eigenvalue weighted by atomic mass is 9.79. The molecule has 26 heavy (non-hydrogen) atoms. The number of amides is 1. The molecule has 0 radical (unpaired) electrons. The molecule has 0 atom stereocenters. The number of rotatable bonds is 5. The second-order valence-electron chi connectivity index (χ2n) is 7.50. The molecule has 142 valence electrons. The highest BCUT2D eigenvalue weighted by Gasteiger charge is 2.42. The van der Waals surface area contributed by atoms with Gasteiger partial charge < -0.3 is 20.3 Å². The van der Waals surface area contributed by atoms with E-state index >= 15 is 0 Å². The molecule has 1 aromatic carbocycles. The highest BCUT2D eigenvalue weighted by atomic mass is 32.1. The lowest BCUT2D eigenvalue weighted by Gasteiger charge is -2.45. The van der Waals surface area contributed by atoms with E-state index in [0.29, 0.717) is 0 Å². The molecule has 6 heteroatoms. The average molecular weight is 377 g/mol. The Bertz CT molecular complexity index is 620. The highest BCUT2D eigenvalue weighted by Crippen LogP contribution is 2.25. The van der Waals surface area contributed by atoms with Crippen molar-refractivity contribution in [3.63, 3.8) is 0 Å². The Hall–Kier alpha value is -1.50. The molecule has 1 aliphatic heterocycles. The van der Waals surface area contributed by atoms with Crippen LogP contribution >= 0.6 is 12.2 Å². The van der Waals surface area contributed by atoms with E-state index in [1.807, 2.05) is 24.3 Å². The third-order valence-corrected chi connectivity index (χ3v) is 6.09. The third kappa shape index (κ3) is 4.81. The summed E-state index contributed by atoms with van der Waals surface area (Å²) in [6.07, 6.45) is 6.49. The fourth-order valence-corrected chi connectivity index (χ4v) is 4.50. The predicted octanol–water partition coefficient (Wildman–Crippen LogP) is 1.53. The van der Waals surface area contributed by atoms with Crippen LogP contribution in [0.15, 0.2) is 24.3 Å². The minimum Gasteiger partial charge on any atom is -0.370 e. The Labute approximate surface area is 161 Å². The van der Waals surface area contributed by atoms with Gasteiger partial charge in [-0.05, 0) is 37.1 Å². The number of hydrogen-bond acceptors (Lipinski definition) is 3. The number of carbonyl (C=O) groups is 1. The molecule has 1 saturated heterocycles. The van der Waals surface area contributed by atoms with E-state index in [1.54, 1.807) is 4.90 Å². The van der Waals surface area contributed by atoms with Gasteiger partial charge in [-0.25, -0.2) is 0 Å². The number of anilines is 1. The van der Waals surface area contributed by atoms with Gasteiger partial charge in [-0.1, -0.05) is 18.6 Å². The Morgan fingerprint density at radius 1 is 1.15 bits per heavy atom. The van der Waals surface area contributed by atoms with Crippen LogP contribution in [0.5, 0.6) is 0 Å². The Morgan fingerprint density at radius 3 is 2.42 bits per heavy atom. The van der Waals surface area contributed by atoms with Crippen molar-refractivity contribution in [2.75, 3.05) is 38.2 Å². The summed E-state index contributed by atoms with van der Waals surface area (Å²) in [5.74, 6) is -0.0637. The molecule has 2 fully saturated rings. The van der Waals surface area contributed by atoms with Crippen molar-refractivity contribution >= 4 is 28.8 Å². The molecule has 1 saturated carbocycles. The van der Waals surface area contributed by atoms with Gasteiger partial charge in [-0.3, -0.25) is 4.79 Å². The third-order valence-electron chi connectivity index (χ3n) is 5.71. The Balaban J connectivity index is 1.62. The summed E-state index contributed by atoms with van der Waals surface area (Å²) in [6.45, 7) is 6.37. The number of quaternary nitrogens is 1. The minimum atomic E-state index is -0.0637. The van der Waals surface area contributed by atoms with E-state index < -0.39 is 0 Å². The van der Waals surface area contributed by atoms with Gasteiger partial charge in [0.25, 0.3) is 0 Å². The molecule has 0 aromatic heterocycles. The van der Waals surface area contributed by atoms with Gasteiger partial charge in [0.2, 0.25) is 5.91 Å². The predicted molar refractivity (Wildman–Crippen MR) is 108 cm³/mol. The molecule has 0 bridgehead atoms. The van der Waals surface area contributed by atoms with E-state index in [0.717, 1.165) is 49.1 Å². The molecule has 2 aliphatic rings. The summed E-state index contributed by atoms with van der Waals surface area (Å²) < 4.78 is 5.57. The number of nitrogens with one attached hydrogen (secondary N) is 3. The first-order valence-corrected chi connectivity index (χ1v) is 10.1. The van der Waals surface area contributed by atoms with Crippen LogP contribution in [0.25, 0.3) is 0 Å². The molecule has 1 heterocycles. The SMILES string of the molecule is CC(=O)Nc1ccc(C(=S)NCC2([NH+]3CCOCC3)CCCCC2)cc1. The van der Waals surface area contributed by atoms with Crippen LogP contribution in [0.3, 0.4) is 0 Å². The van der Waals surface area contributed by atoms with Crippen molar-refractivity contribution in [2.45, 2.75) is 44.6 Å². The topological polar surface area (TPSA) is 54.8 Å². The fraction of sp³-hybridized carbons (Fsp3) is 0.600. The van der Waals surface area contributed by atoms with E-state index in [2.05, 4.69) is 10.6 Å². The van der Waals surface area contributed by atoms with Crippen molar-refractivity contribution in [3.8, 4) is 0 Å². The van der Waals surface area contributed by atoms with E-state index in [4.69, 9.17) is 17.0 Å². The maximum atomic E-state index is 11.1. The molecular formula is C20H30N3O2S+. The van der Waals surface area contributed by atoms with Gasteiger partial charge in [0, 0.05) is 31.0 Å². The van der Waals surface area contributed by atoms with Crippen LogP contribution in [-0.2, 0) is 9.53 Å². The quantitative estimate of drug-likeness (QED) is 0.682. The van der Waals surface area contributed by atoms with Crippen LogP contribution in [0.1, 0.15) is 44.6 Å². The van der Waals surface area contributed by atoms with Crippen LogP contribution in [0.4, 0.5) is 5.69 Å². The zero-order chi connectivity index (χ0) is 18.4. The lowest BCUT2D eigenvalue weighted by molar-refractivity contribution is -0.960. The van der Waals surface area contributed by atoms with Crippen molar-refractivity contribution < 1.29 is 14.4 Å². The zero-order valence-corrected chi connectivity index (χ0v) is 16.4. The van der Waals surface area contributed by atoms with Gasteiger partial charge in [-0.15, -0.1) is 0 Å². The largest absolute Gasteiger partial charge is 0.370 e. The zero-order valence-electron chi connectivity index (χ0n) is 15.6. The number of ether oxygens (including phenoxy) is 1. The van der Waals surface area contributed by atoms with Gasteiger partial charge >= 0.3 is 0 Å². The maximum Gasteiger partial charge on any atom is 0.221 e. The number of morpholine rings is 1. The van der Waals surface area contributed by atoms with Gasteiger partial charge in [0.15, 0.2) is 0 Å². The molecule has 5 nitrogen and oxygen atoms in total. The Morgan fingerprint density at radius 2 is 1.81 bits per heavy atom. The second-order valence-corrected chi connectivity index (χ2v) is 7.91. The number of hydrogen-bond donors (Lipinski definition) is 3. The summed E-state index contributed by atoms with van der Waals surface area (Å²) in [4.78, 5) is 13.6. The van der Waals surface area contributed by atoms with Crippen LogP contribution < -0.4 is 15.5 Å². The smallest absolute Gasteiger partial charge is 0.221 e. The minimum absolute atomic E-state index is 0.0637. The highest BCUT2D eigenvalue weighted by molar-refractivity contribution is 7.80. The van der Waals surface area contributed by atoms with Crippen LogP contribution in [0, 0.1) is 0 Å². The summed E-state index contributed by atoms with van der Waals surface area (Å²) in [6, 6.07) is 7.73. The molecule has 3 N–H and O–H groups in total. The number of carbonyl (C=O) groups excluding carboxylic acids is 1. The monoisotopic (exact) mass is 376 g/mol. The lowest BCUT2D eigenvalue weighted by Crippen LogP contribution is -3.23. The first kappa shape index (κ1) is 19.3. The van der Waals surface area contributed by atoms with Crippen molar-refractivity contribution in [3.05, 3.63) is 29.8 Å². The first-order chi connectivity index (χ1) is 12.6. The Kier molecular flexibility index (Phi) is 6.62. The van der Waals surface area contributed by atoms with Crippen LogP contribution in [-0.4, -0.2) is 49.3 Å². The molecular weight excluding hydrogens is 346 g/mol. The maximum absolute atomic E-state index is 11.1. The molecule has 0 spiro atoms. The first-order valence-electron chi connectivity index (χ1n) is 9.68. The summed E-state index contributed by atoms with van der Waals surface area (Å²) in [5, 5.41) is 6.34. The van der Waals surface area contributed by atoms with Crippen LogP contribution in [0.2, 0.25) is 0 Å². The molecule has 3 rings (SSSR count). The van der Waals surface area contributed by atoms with Crippen molar-refractivity contribution in [2.24, 2.45) is 0 Å². The molecule has 0 unspecified atom stereocenters. The van der Waals surface area contributed by atoms with E-state index in [9.17, 15) is 4.79 Å². The second kappa shape index (κ2) is 8.93. The van der Waals surface area contributed by atoms with Crippen molar-refractivity contribution in [1.82, 2.24) is 5.32 Å². The molecule has 1 aromatic rings. The normalized spacial score (nSPS) is 20.3. The van der Waals surface area contributed by atoms with E-state index in [-0.39, 0.29) is 11.4 Å². The summed E-state index contributed by atoms with van der Waals surface area (Å²) >= 11 is 5.64. The summed E-state index contributed by atoms with van der Waals surface area (Å²) in [5.41, 5.74) is 2.07.